The zero-order chi connectivity index (χ0) is 13.7. The molecule has 102 valence electrons. The molecule has 0 radical (unpaired) electrons. The number of rotatable bonds is 6. The third kappa shape index (κ3) is 3.13. The Balaban J connectivity index is 2.13. The molecule has 0 aliphatic carbocycles. The van der Waals surface area contributed by atoms with E-state index in [-0.39, 0.29) is 5.91 Å². The molecule has 0 atom stereocenters. The van der Waals surface area contributed by atoms with E-state index in [2.05, 4.69) is 18.8 Å². The summed E-state index contributed by atoms with van der Waals surface area (Å²) in [6.45, 7) is 5.88. The SMILES string of the molecule is CCCN(CCC)C(=O)Cc1cnc2ccccn12. The first-order chi connectivity index (χ1) is 9.26. The van der Waals surface area contributed by atoms with E-state index < -0.39 is 0 Å². The first-order valence-electron chi connectivity index (χ1n) is 6.95. The highest BCUT2D eigenvalue weighted by Crippen LogP contribution is 2.08. The second kappa shape index (κ2) is 6.36. The molecule has 2 aromatic heterocycles. The molecule has 2 heterocycles. The predicted molar refractivity (Wildman–Crippen MR) is 76.1 cm³/mol. The summed E-state index contributed by atoms with van der Waals surface area (Å²) in [5.74, 6) is 0.189. The Labute approximate surface area is 114 Å². The Hall–Kier alpha value is -1.84. The second-order valence-corrected chi connectivity index (χ2v) is 4.74. The lowest BCUT2D eigenvalue weighted by Crippen LogP contribution is -2.33. The van der Waals surface area contributed by atoms with Gasteiger partial charge in [-0.05, 0) is 25.0 Å². The quantitative estimate of drug-likeness (QED) is 0.799. The highest BCUT2D eigenvalue weighted by atomic mass is 16.2. The van der Waals surface area contributed by atoms with Gasteiger partial charge in [0.25, 0.3) is 0 Å². The number of carbonyl (C=O) groups excluding carboxylic acids is 1. The Kier molecular flexibility index (Phi) is 4.55. The predicted octanol–water partition coefficient (Wildman–Crippen LogP) is 2.53. The van der Waals surface area contributed by atoms with Gasteiger partial charge in [-0.25, -0.2) is 4.98 Å². The largest absolute Gasteiger partial charge is 0.342 e. The Morgan fingerprint density at radius 3 is 2.68 bits per heavy atom. The molecule has 0 N–H and O–H groups in total. The van der Waals surface area contributed by atoms with Crippen LogP contribution in [0.1, 0.15) is 32.4 Å². The highest BCUT2D eigenvalue weighted by Gasteiger charge is 2.14. The molecule has 0 aliphatic heterocycles. The lowest BCUT2D eigenvalue weighted by molar-refractivity contribution is -0.130. The average Bonchev–Trinajstić information content (AvgIpc) is 2.82. The van der Waals surface area contributed by atoms with Crippen LogP contribution >= 0.6 is 0 Å². The minimum absolute atomic E-state index is 0.189. The molecular formula is C15H21N3O. The number of pyridine rings is 1. The summed E-state index contributed by atoms with van der Waals surface area (Å²) in [5.41, 5.74) is 1.85. The van der Waals surface area contributed by atoms with E-state index in [0.29, 0.717) is 6.42 Å². The molecule has 0 saturated heterocycles. The fourth-order valence-corrected chi connectivity index (χ4v) is 2.28. The van der Waals surface area contributed by atoms with Crippen LogP contribution in [0.25, 0.3) is 5.65 Å². The summed E-state index contributed by atoms with van der Waals surface area (Å²) in [6.07, 6.45) is 6.17. The van der Waals surface area contributed by atoms with Crippen molar-refractivity contribution in [3.63, 3.8) is 0 Å². The van der Waals surface area contributed by atoms with E-state index in [0.717, 1.165) is 37.3 Å². The third-order valence-corrected chi connectivity index (χ3v) is 3.17. The van der Waals surface area contributed by atoms with Crippen LogP contribution in [0.3, 0.4) is 0 Å². The number of hydrogen-bond donors (Lipinski definition) is 0. The Morgan fingerprint density at radius 2 is 2.00 bits per heavy atom. The lowest BCUT2D eigenvalue weighted by Gasteiger charge is -2.21. The van der Waals surface area contributed by atoms with E-state index in [9.17, 15) is 4.79 Å². The zero-order valence-electron chi connectivity index (χ0n) is 11.7. The van der Waals surface area contributed by atoms with Crippen molar-refractivity contribution in [2.75, 3.05) is 13.1 Å². The van der Waals surface area contributed by atoms with Crippen LogP contribution in [0.4, 0.5) is 0 Å². The second-order valence-electron chi connectivity index (χ2n) is 4.74. The number of fused-ring (bicyclic) bond motifs is 1. The molecule has 4 heteroatoms. The van der Waals surface area contributed by atoms with Gasteiger partial charge in [-0.1, -0.05) is 19.9 Å². The van der Waals surface area contributed by atoms with E-state index in [1.54, 1.807) is 6.20 Å². The van der Waals surface area contributed by atoms with Gasteiger partial charge in [-0.2, -0.15) is 0 Å². The van der Waals surface area contributed by atoms with Gasteiger partial charge in [0, 0.05) is 25.5 Å². The van der Waals surface area contributed by atoms with E-state index >= 15 is 0 Å². The summed E-state index contributed by atoms with van der Waals surface area (Å²) in [7, 11) is 0. The van der Waals surface area contributed by atoms with Crippen molar-refractivity contribution in [3.8, 4) is 0 Å². The summed E-state index contributed by atoms with van der Waals surface area (Å²) in [6, 6.07) is 5.86. The molecule has 0 bridgehead atoms. The fraction of sp³-hybridized carbons (Fsp3) is 0.467. The Bertz CT molecular complexity index is 541. The third-order valence-electron chi connectivity index (χ3n) is 3.17. The number of imidazole rings is 1. The van der Waals surface area contributed by atoms with E-state index in [1.807, 2.05) is 33.7 Å². The van der Waals surface area contributed by atoms with Crippen LogP contribution in [0, 0.1) is 0 Å². The standard InChI is InChI=1S/C15H21N3O/c1-3-8-17(9-4-2)15(19)11-13-12-16-14-7-5-6-10-18(13)14/h5-7,10,12H,3-4,8-9,11H2,1-2H3. The molecule has 4 nitrogen and oxygen atoms in total. The van der Waals surface area contributed by atoms with Gasteiger partial charge in [-0.15, -0.1) is 0 Å². The normalized spacial score (nSPS) is 10.8. The van der Waals surface area contributed by atoms with Crippen LogP contribution < -0.4 is 0 Å². The molecule has 0 aliphatic rings. The maximum absolute atomic E-state index is 12.3. The van der Waals surface area contributed by atoms with Crippen LogP contribution in [0.5, 0.6) is 0 Å². The number of carbonyl (C=O) groups is 1. The maximum atomic E-state index is 12.3. The van der Waals surface area contributed by atoms with Gasteiger partial charge in [-0.3, -0.25) is 4.79 Å². The Morgan fingerprint density at radius 1 is 1.26 bits per heavy atom. The van der Waals surface area contributed by atoms with Gasteiger partial charge in [0.2, 0.25) is 5.91 Å². The molecule has 2 rings (SSSR count). The minimum atomic E-state index is 0.189. The van der Waals surface area contributed by atoms with Crippen molar-refractivity contribution < 1.29 is 4.79 Å². The van der Waals surface area contributed by atoms with Crippen LogP contribution in [0.2, 0.25) is 0 Å². The maximum Gasteiger partial charge on any atom is 0.228 e. The van der Waals surface area contributed by atoms with Crippen molar-refractivity contribution in [2.45, 2.75) is 33.1 Å². The molecule has 0 fully saturated rings. The van der Waals surface area contributed by atoms with Gasteiger partial charge in [0.15, 0.2) is 0 Å². The van der Waals surface area contributed by atoms with E-state index in [1.165, 1.54) is 0 Å². The van der Waals surface area contributed by atoms with Crippen molar-refractivity contribution >= 4 is 11.6 Å². The topological polar surface area (TPSA) is 37.6 Å². The average molecular weight is 259 g/mol. The molecule has 0 aromatic carbocycles. The van der Waals surface area contributed by atoms with Crippen molar-refractivity contribution in [1.29, 1.82) is 0 Å². The molecule has 2 aromatic rings. The van der Waals surface area contributed by atoms with Crippen LogP contribution in [-0.4, -0.2) is 33.3 Å². The number of amides is 1. The molecular weight excluding hydrogens is 238 g/mol. The highest BCUT2D eigenvalue weighted by molar-refractivity contribution is 5.78. The molecule has 0 spiro atoms. The molecule has 1 amide bonds. The van der Waals surface area contributed by atoms with Gasteiger partial charge in [0.1, 0.15) is 5.65 Å². The summed E-state index contributed by atoms with van der Waals surface area (Å²) in [5, 5.41) is 0. The van der Waals surface area contributed by atoms with Crippen LogP contribution in [-0.2, 0) is 11.2 Å². The first kappa shape index (κ1) is 13.6. The summed E-state index contributed by atoms with van der Waals surface area (Å²) in [4.78, 5) is 18.6. The van der Waals surface area contributed by atoms with Gasteiger partial charge < -0.3 is 9.30 Å². The lowest BCUT2D eigenvalue weighted by atomic mass is 10.2. The van der Waals surface area contributed by atoms with Crippen molar-refractivity contribution in [3.05, 3.63) is 36.3 Å². The number of hydrogen-bond acceptors (Lipinski definition) is 2. The van der Waals surface area contributed by atoms with Crippen LogP contribution in [0.15, 0.2) is 30.6 Å². The minimum Gasteiger partial charge on any atom is -0.342 e. The molecule has 0 unspecified atom stereocenters. The van der Waals surface area contributed by atoms with Crippen molar-refractivity contribution in [2.24, 2.45) is 0 Å². The van der Waals surface area contributed by atoms with Crippen molar-refractivity contribution in [1.82, 2.24) is 14.3 Å². The van der Waals surface area contributed by atoms with Gasteiger partial charge >= 0.3 is 0 Å². The first-order valence-corrected chi connectivity index (χ1v) is 6.95. The smallest absolute Gasteiger partial charge is 0.228 e. The number of nitrogens with zero attached hydrogens (tertiary/aromatic N) is 3. The monoisotopic (exact) mass is 259 g/mol. The zero-order valence-corrected chi connectivity index (χ0v) is 11.7. The van der Waals surface area contributed by atoms with Gasteiger partial charge in [0.05, 0.1) is 12.1 Å². The molecule has 19 heavy (non-hydrogen) atoms. The molecule has 0 saturated carbocycles. The summed E-state index contributed by atoms with van der Waals surface area (Å²) >= 11 is 0. The number of aromatic nitrogens is 2. The summed E-state index contributed by atoms with van der Waals surface area (Å²) < 4.78 is 1.98. The fourth-order valence-electron chi connectivity index (χ4n) is 2.28. The van der Waals surface area contributed by atoms with E-state index in [4.69, 9.17) is 0 Å².